The third kappa shape index (κ3) is 4.17. The molecule has 21 heavy (non-hydrogen) atoms. The predicted octanol–water partition coefficient (Wildman–Crippen LogP) is 3.23. The summed E-state index contributed by atoms with van der Waals surface area (Å²) in [5.74, 6) is 0.510. The highest BCUT2D eigenvalue weighted by Crippen LogP contribution is 2.21. The number of benzene rings is 2. The van der Waals surface area contributed by atoms with Gasteiger partial charge in [0.25, 0.3) is 0 Å². The number of Topliss-reactive ketones (excluding diaryl/α,β-unsaturated/α-hetero) is 1. The second-order valence-electron chi connectivity index (χ2n) is 5.32. The summed E-state index contributed by atoms with van der Waals surface area (Å²) >= 11 is 0. The molecule has 0 spiro atoms. The summed E-state index contributed by atoms with van der Waals surface area (Å²) in [6.07, 6.45) is 0.541. The lowest BCUT2D eigenvalue weighted by molar-refractivity contribution is 0.0955. The van der Waals surface area contributed by atoms with Crippen molar-refractivity contribution in [2.24, 2.45) is 5.73 Å². The minimum atomic E-state index is -0.565. The Morgan fingerprint density at radius 3 is 2.33 bits per heavy atom. The fraction of sp³-hybridized carbons (Fsp3) is 0.278. The van der Waals surface area contributed by atoms with Crippen LogP contribution >= 0.6 is 0 Å². The van der Waals surface area contributed by atoms with E-state index in [1.54, 1.807) is 6.07 Å². The van der Waals surface area contributed by atoms with Crippen LogP contribution in [-0.2, 0) is 6.42 Å². The van der Waals surface area contributed by atoms with Crippen LogP contribution in [0.25, 0.3) is 0 Å². The summed E-state index contributed by atoms with van der Waals surface area (Å²) in [5.41, 5.74) is 7.68. The Morgan fingerprint density at radius 2 is 1.67 bits per heavy atom. The molecular weight excluding hydrogens is 262 g/mol. The Hall–Kier alpha value is -2.13. The van der Waals surface area contributed by atoms with Crippen molar-refractivity contribution in [3.8, 4) is 5.75 Å². The molecule has 0 fully saturated rings. The molecular formula is C18H21NO2. The third-order valence-electron chi connectivity index (χ3n) is 3.15. The number of carbonyl (C=O) groups excluding carboxylic acids is 1. The summed E-state index contributed by atoms with van der Waals surface area (Å²) in [4.78, 5) is 12.5. The van der Waals surface area contributed by atoms with Crippen molar-refractivity contribution in [3.05, 3.63) is 65.7 Å². The van der Waals surface area contributed by atoms with Gasteiger partial charge in [0.1, 0.15) is 5.75 Å². The van der Waals surface area contributed by atoms with Crippen molar-refractivity contribution in [2.45, 2.75) is 32.4 Å². The number of nitrogens with two attached hydrogens (primary N) is 1. The average Bonchev–Trinajstić information content (AvgIpc) is 2.47. The van der Waals surface area contributed by atoms with E-state index in [0.717, 1.165) is 5.56 Å². The average molecular weight is 283 g/mol. The zero-order chi connectivity index (χ0) is 15.2. The Bertz CT molecular complexity index is 593. The van der Waals surface area contributed by atoms with Crippen LogP contribution in [0, 0.1) is 0 Å². The maximum atomic E-state index is 12.5. The summed E-state index contributed by atoms with van der Waals surface area (Å²) in [6, 6.07) is 16.5. The molecule has 1 unspecified atom stereocenters. The Balaban J connectivity index is 2.16. The van der Waals surface area contributed by atoms with Gasteiger partial charge in [0.05, 0.1) is 17.7 Å². The molecule has 0 amide bonds. The van der Waals surface area contributed by atoms with Gasteiger partial charge in [-0.25, -0.2) is 0 Å². The van der Waals surface area contributed by atoms with E-state index in [0.29, 0.717) is 17.7 Å². The van der Waals surface area contributed by atoms with E-state index in [1.165, 1.54) is 0 Å². The van der Waals surface area contributed by atoms with Gasteiger partial charge in [-0.2, -0.15) is 0 Å². The van der Waals surface area contributed by atoms with E-state index >= 15 is 0 Å². The van der Waals surface area contributed by atoms with Crippen molar-refractivity contribution >= 4 is 5.78 Å². The van der Waals surface area contributed by atoms with Crippen molar-refractivity contribution in [3.63, 3.8) is 0 Å². The summed E-state index contributed by atoms with van der Waals surface area (Å²) in [7, 11) is 0. The molecule has 2 N–H and O–H groups in total. The smallest absolute Gasteiger partial charge is 0.183 e. The molecule has 0 aliphatic carbocycles. The molecule has 110 valence electrons. The van der Waals surface area contributed by atoms with Crippen molar-refractivity contribution < 1.29 is 9.53 Å². The minimum absolute atomic E-state index is 0.0179. The quantitative estimate of drug-likeness (QED) is 0.828. The molecule has 2 aromatic carbocycles. The molecule has 0 aliphatic rings. The lowest BCUT2D eigenvalue weighted by atomic mass is 9.98. The Morgan fingerprint density at radius 1 is 1.05 bits per heavy atom. The fourth-order valence-corrected chi connectivity index (χ4v) is 2.19. The maximum Gasteiger partial charge on any atom is 0.183 e. The molecule has 3 nitrogen and oxygen atoms in total. The largest absolute Gasteiger partial charge is 0.490 e. The van der Waals surface area contributed by atoms with Gasteiger partial charge in [-0.3, -0.25) is 4.79 Å². The number of rotatable bonds is 6. The minimum Gasteiger partial charge on any atom is -0.490 e. The van der Waals surface area contributed by atoms with Gasteiger partial charge >= 0.3 is 0 Å². The van der Waals surface area contributed by atoms with Gasteiger partial charge in [0.2, 0.25) is 0 Å². The maximum absolute atomic E-state index is 12.5. The van der Waals surface area contributed by atoms with Crippen LogP contribution in [0.15, 0.2) is 54.6 Å². The van der Waals surface area contributed by atoms with Gasteiger partial charge in [0, 0.05) is 0 Å². The number of para-hydroxylation sites is 1. The highest BCUT2D eigenvalue weighted by molar-refractivity contribution is 6.02. The van der Waals surface area contributed by atoms with Crippen molar-refractivity contribution in [2.75, 3.05) is 0 Å². The number of ether oxygens (including phenoxy) is 1. The van der Waals surface area contributed by atoms with Crippen LogP contribution in [0.2, 0.25) is 0 Å². The second-order valence-corrected chi connectivity index (χ2v) is 5.32. The second kappa shape index (κ2) is 7.04. The lowest BCUT2D eigenvalue weighted by Gasteiger charge is -2.16. The molecule has 0 aromatic heterocycles. The van der Waals surface area contributed by atoms with E-state index in [4.69, 9.17) is 10.5 Å². The first-order valence-electron chi connectivity index (χ1n) is 7.17. The Labute approximate surface area is 125 Å². The standard InChI is InChI=1S/C18H21NO2/c1-13(2)21-17-11-7-6-10-15(17)18(20)16(19)12-14-8-4-3-5-9-14/h3-11,13,16H,12,19H2,1-2H3. The molecule has 2 aromatic rings. The Kier molecular flexibility index (Phi) is 5.12. The number of ketones is 1. The zero-order valence-electron chi connectivity index (χ0n) is 12.5. The molecule has 0 saturated carbocycles. The van der Waals surface area contributed by atoms with E-state index in [9.17, 15) is 4.79 Å². The van der Waals surface area contributed by atoms with E-state index in [1.807, 2.05) is 62.4 Å². The van der Waals surface area contributed by atoms with Crippen LogP contribution in [0.3, 0.4) is 0 Å². The van der Waals surface area contributed by atoms with Gasteiger partial charge in [-0.1, -0.05) is 42.5 Å². The summed E-state index contributed by atoms with van der Waals surface area (Å²) in [6.45, 7) is 3.87. The highest BCUT2D eigenvalue weighted by atomic mass is 16.5. The lowest BCUT2D eigenvalue weighted by Crippen LogP contribution is -2.33. The van der Waals surface area contributed by atoms with Crippen molar-refractivity contribution in [1.82, 2.24) is 0 Å². The monoisotopic (exact) mass is 283 g/mol. The number of carbonyl (C=O) groups is 1. The van der Waals surface area contributed by atoms with E-state index in [-0.39, 0.29) is 11.9 Å². The SMILES string of the molecule is CC(C)Oc1ccccc1C(=O)C(N)Cc1ccccc1. The number of hydrogen-bond donors (Lipinski definition) is 1. The predicted molar refractivity (Wildman–Crippen MR) is 84.7 cm³/mol. The fourth-order valence-electron chi connectivity index (χ4n) is 2.19. The molecule has 2 rings (SSSR count). The molecule has 1 atom stereocenters. The molecule has 0 bridgehead atoms. The molecule has 3 heteroatoms. The van der Waals surface area contributed by atoms with Crippen LogP contribution in [0.4, 0.5) is 0 Å². The normalized spacial score (nSPS) is 12.2. The zero-order valence-corrected chi connectivity index (χ0v) is 12.5. The molecule has 0 aliphatic heterocycles. The van der Waals surface area contributed by atoms with Crippen LogP contribution in [0.5, 0.6) is 5.75 Å². The summed E-state index contributed by atoms with van der Waals surface area (Å²) < 4.78 is 5.69. The van der Waals surface area contributed by atoms with Crippen LogP contribution in [-0.4, -0.2) is 17.9 Å². The van der Waals surface area contributed by atoms with Gasteiger partial charge in [0.15, 0.2) is 5.78 Å². The number of hydrogen-bond acceptors (Lipinski definition) is 3. The van der Waals surface area contributed by atoms with E-state index < -0.39 is 6.04 Å². The first kappa shape index (κ1) is 15.3. The van der Waals surface area contributed by atoms with Crippen molar-refractivity contribution in [1.29, 1.82) is 0 Å². The van der Waals surface area contributed by atoms with Crippen LogP contribution < -0.4 is 10.5 Å². The first-order valence-corrected chi connectivity index (χ1v) is 7.17. The van der Waals surface area contributed by atoms with Gasteiger partial charge < -0.3 is 10.5 Å². The van der Waals surface area contributed by atoms with E-state index in [2.05, 4.69) is 0 Å². The van der Waals surface area contributed by atoms with Gasteiger partial charge in [-0.15, -0.1) is 0 Å². The highest BCUT2D eigenvalue weighted by Gasteiger charge is 2.20. The molecule has 0 saturated heterocycles. The molecule has 0 radical (unpaired) electrons. The first-order chi connectivity index (χ1) is 10.1. The van der Waals surface area contributed by atoms with Gasteiger partial charge in [-0.05, 0) is 38.0 Å². The third-order valence-corrected chi connectivity index (χ3v) is 3.15. The molecule has 0 heterocycles. The van der Waals surface area contributed by atoms with Crippen LogP contribution in [0.1, 0.15) is 29.8 Å². The summed E-state index contributed by atoms with van der Waals surface area (Å²) in [5, 5.41) is 0. The topological polar surface area (TPSA) is 52.3 Å².